The monoisotopic (exact) mass is 221 g/mol. The Morgan fingerprint density at radius 3 is 2.31 bits per heavy atom. The van der Waals surface area contributed by atoms with Gasteiger partial charge in [0.15, 0.2) is 0 Å². The van der Waals surface area contributed by atoms with E-state index < -0.39 is 0 Å². The first-order chi connectivity index (χ1) is 7.56. The topological polar surface area (TPSA) is 50.9 Å². The number of nitrogens with zero attached hydrogens (tertiary/aromatic N) is 1. The maximum atomic E-state index is 5.64. The van der Waals surface area contributed by atoms with Crippen LogP contribution in [-0.4, -0.2) is 4.98 Å². The highest BCUT2D eigenvalue weighted by Crippen LogP contribution is 2.23. The maximum Gasteiger partial charge on any atom is 0.0463 e. The number of pyridine rings is 1. The van der Waals surface area contributed by atoms with Crippen molar-refractivity contribution in [3.05, 3.63) is 29.1 Å². The molecular weight excluding hydrogens is 198 g/mol. The van der Waals surface area contributed by atoms with Crippen LogP contribution in [0.4, 0.5) is 0 Å². The molecule has 3 N–H and O–H groups in total. The van der Waals surface area contributed by atoms with Gasteiger partial charge in [0, 0.05) is 17.4 Å². The lowest BCUT2D eigenvalue weighted by Crippen LogP contribution is -2.29. The molecule has 2 unspecified atom stereocenters. The van der Waals surface area contributed by atoms with Crippen LogP contribution < -0.4 is 11.3 Å². The molecule has 0 spiro atoms. The van der Waals surface area contributed by atoms with Gasteiger partial charge in [-0.1, -0.05) is 20.3 Å². The van der Waals surface area contributed by atoms with E-state index >= 15 is 0 Å². The Morgan fingerprint density at radius 1 is 1.31 bits per heavy atom. The highest BCUT2D eigenvalue weighted by molar-refractivity contribution is 5.23. The summed E-state index contributed by atoms with van der Waals surface area (Å²) in [7, 11) is 0. The third-order valence-electron chi connectivity index (χ3n) is 3.04. The molecule has 90 valence electrons. The van der Waals surface area contributed by atoms with Gasteiger partial charge in [-0.3, -0.25) is 16.3 Å². The van der Waals surface area contributed by atoms with Crippen molar-refractivity contribution in [1.29, 1.82) is 0 Å². The molecule has 0 saturated carbocycles. The van der Waals surface area contributed by atoms with Gasteiger partial charge in [-0.25, -0.2) is 0 Å². The smallest absolute Gasteiger partial charge is 0.0463 e. The van der Waals surface area contributed by atoms with Crippen LogP contribution in [0.5, 0.6) is 0 Å². The molecule has 0 aliphatic rings. The normalized spacial score (nSPS) is 14.8. The van der Waals surface area contributed by atoms with Gasteiger partial charge in [-0.15, -0.1) is 0 Å². The zero-order chi connectivity index (χ0) is 12.1. The molecule has 0 aliphatic heterocycles. The number of hydrogen-bond acceptors (Lipinski definition) is 3. The Balaban J connectivity index is 2.86. The van der Waals surface area contributed by atoms with Crippen molar-refractivity contribution < 1.29 is 0 Å². The van der Waals surface area contributed by atoms with E-state index in [1.165, 1.54) is 12.0 Å². The summed E-state index contributed by atoms with van der Waals surface area (Å²) in [4.78, 5) is 4.38. The second-order valence-electron chi connectivity index (χ2n) is 4.65. The van der Waals surface area contributed by atoms with Crippen molar-refractivity contribution in [1.82, 2.24) is 10.4 Å². The molecule has 0 saturated heterocycles. The van der Waals surface area contributed by atoms with Crippen LogP contribution in [0.15, 0.2) is 12.1 Å². The molecule has 1 aromatic rings. The fourth-order valence-electron chi connectivity index (χ4n) is 1.94. The van der Waals surface area contributed by atoms with E-state index in [0.717, 1.165) is 17.8 Å². The number of hydrazine groups is 1. The molecule has 3 nitrogen and oxygen atoms in total. The van der Waals surface area contributed by atoms with Crippen LogP contribution in [0.25, 0.3) is 0 Å². The number of rotatable bonds is 5. The van der Waals surface area contributed by atoms with Gasteiger partial charge in [0.25, 0.3) is 0 Å². The van der Waals surface area contributed by atoms with E-state index in [0.29, 0.717) is 5.92 Å². The van der Waals surface area contributed by atoms with Crippen LogP contribution in [0, 0.1) is 19.8 Å². The first kappa shape index (κ1) is 13.1. The van der Waals surface area contributed by atoms with E-state index in [1.807, 2.05) is 13.8 Å². The summed E-state index contributed by atoms with van der Waals surface area (Å²) in [5.74, 6) is 6.31. The summed E-state index contributed by atoms with van der Waals surface area (Å²) in [6.07, 6.45) is 2.25. The van der Waals surface area contributed by atoms with Gasteiger partial charge < -0.3 is 0 Å². The van der Waals surface area contributed by atoms with Crippen molar-refractivity contribution in [2.24, 2.45) is 11.8 Å². The van der Waals surface area contributed by atoms with E-state index in [9.17, 15) is 0 Å². The third-order valence-corrected chi connectivity index (χ3v) is 3.04. The predicted octanol–water partition coefficient (Wildman–Crippen LogP) is 2.64. The van der Waals surface area contributed by atoms with Crippen LogP contribution in [0.3, 0.4) is 0 Å². The van der Waals surface area contributed by atoms with Crippen LogP contribution in [-0.2, 0) is 0 Å². The molecule has 0 radical (unpaired) electrons. The van der Waals surface area contributed by atoms with Crippen LogP contribution in [0.1, 0.15) is 49.7 Å². The molecule has 16 heavy (non-hydrogen) atoms. The van der Waals surface area contributed by atoms with Gasteiger partial charge >= 0.3 is 0 Å². The largest absolute Gasteiger partial charge is 0.271 e. The highest BCUT2D eigenvalue weighted by Gasteiger charge is 2.13. The molecule has 3 heteroatoms. The Labute approximate surface area is 98.4 Å². The Hall–Kier alpha value is -0.930. The van der Waals surface area contributed by atoms with E-state index in [2.05, 4.69) is 36.4 Å². The molecule has 0 amide bonds. The molecule has 0 fully saturated rings. The van der Waals surface area contributed by atoms with Crippen molar-refractivity contribution in [3.63, 3.8) is 0 Å². The van der Waals surface area contributed by atoms with Gasteiger partial charge in [-0.05, 0) is 43.9 Å². The quantitative estimate of drug-likeness (QED) is 0.593. The van der Waals surface area contributed by atoms with Crippen molar-refractivity contribution in [2.45, 2.75) is 46.6 Å². The lowest BCUT2D eigenvalue weighted by molar-refractivity contribution is 0.407. The highest BCUT2D eigenvalue weighted by atomic mass is 15.2. The fraction of sp³-hybridized carbons (Fsp3) is 0.615. The molecule has 0 aliphatic carbocycles. The molecule has 1 heterocycles. The zero-order valence-electron chi connectivity index (χ0n) is 10.7. The molecular formula is C13H23N3. The fourth-order valence-corrected chi connectivity index (χ4v) is 1.94. The second kappa shape index (κ2) is 5.97. The van der Waals surface area contributed by atoms with Gasteiger partial charge in [-0.2, -0.15) is 0 Å². The van der Waals surface area contributed by atoms with Crippen molar-refractivity contribution in [2.75, 3.05) is 0 Å². The van der Waals surface area contributed by atoms with Crippen LogP contribution in [0.2, 0.25) is 0 Å². The molecule has 1 rings (SSSR count). The SMILES string of the molecule is CCC(C)CC(NN)c1cc(C)nc(C)c1. The Kier molecular flexibility index (Phi) is 4.90. The Morgan fingerprint density at radius 2 is 1.88 bits per heavy atom. The molecule has 2 atom stereocenters. The average Bonchev–Trinajstić information content (AvgIpc) is 2.24. The predicted molar refractivity (Wildman–Crippen MR) is 67.8 cm³/mol. The summed E-state index contributed by atoms with van der Waals surface area (Å²) in [6.45, 7) is 8.51. The summed E-state index contributed by atoms with van der Waals surface area (Å²) in [5, 5.41) is 0. The van der Waals surface area contributed by atoms with Crippen molar-refractivity contribution in [3.8, 4) is 0 Å². The second-order valence-corrected chi connectivity index (χ2v) is 4.65. The summed E-state index contributed by atoms with van der Waals surface area (Å²) >= 11 is 0. The first-order valence-corrected chi connectivity index (χ1v) is 5.98. The number of nitrogens with two attached hydrogens (primary N) is 1. The minimum Gasteiger partial charge on any atom is -0.271 e. The molecule has 1 aromatic heterocycles. The van der Waals surface area contributed by atoms with Crippen LogP contribution >= 0.6 is 0 Å². The van der Waals surface area contributed by atoms with Gasteiger partial charge in [0.1, 0.15) is 0 Å². The molecule has 0 bridgehead atoms. The number of nitrogens with one attached hydrogen (secondary N) is 1. The minimum absolute atomic E-state index is 0.232. The summed E-state index contributed by atoms with van der Waals surface area (Å²) < 4.78 is 0. The third kappa shape index (κ3) is 3.58. The van der Waals surface area contributed by atoms with E-state index in [1.54, 1.807) is 0 Å². The lowest BCUT2D eigenvalue weighted by Gasteiger charge is -2.20. The average molecular weight is 221 g/mol. The number of hydrogen-bond donors (Lipinski definition) is 2. The first-order valence-electron chi connectivity index (χ1n) is 5.98. The maximum absolute atomic E-state index is 5.64. The van der Waals surface area contributed by atoms with Gasteiger partial charge in [0.05, 0.1) is 0 Å². The van der Waals surface area contributed by atoms with Gasteiger partial charge in [0.2, 0.25) is 0 Å². The van der Waals surface area contributed by atoms with E-state index in [4.69, 9.17) is 5.84 Å². The van der Waals surface area contributed by atoms with Crippen molar-refractivity contribution >= 4 is 0 Å². The summed E-state index contributed by atoms with van der Waals surface area (Å²) in [6, 6.07) is 4.45. The Bertz CT molecular complexity index is 316. The number of aryl methyl sites for hydroxylation is 2. The minimum atomic E-state index is 0.232. The van der Waals surface area contributed by atoms with E-state index in [-0.39, 0.29) is 6.04 Å². The standard InChI is InChI=1S/C13H23N3/c1-5-9(2)6-13(16-14)12-7-10(3)15-11(4)8-12/h7-9,13,16H,5-6,14H2,1-4H3. The summed E-state index contributed by atoms with van der Waals surface area (Å²) in [5.41, 5.74) is 6.26. The number of aromatic nitrogens is 1. The molecule has 0 aromatic carbocycles. The zero-order valence-corrected chi connectivity index (χ0v) is 10.7. The lowest BCUT2D eigenvalue weighted by atomic mass is 9.94.